The van der Waals surface area contributed by atoms with Gasteiger partial charge in [0.2, 0.25) is 0 Å². The van der Waals surface area contributed by atoms with Crippen molar-refractivity contribution in [2.75, 3.05) is 0 Å². The van der Waals surface area contributed by atoms with Crippen molar-refractivity contribution in [1.82, 2.24) is 10.6 Å². The minimum atomic E-state index is -0.552. The summed E-state index contributed by atoms with van der Waals surface area (Å²) in [4.78, 5) is 22.7. The second kappa shape index (κ2) is 7.47. The Kier molecular flexibility index (Phi) is 5.32. The third-order valence-corrected chi connectivity index (χ3v) is 4.47. The zero-order valence-electron chi connectivity index (χ0n) is 12.6. The van der Waals surface area contributed by atoms with Gasteiger partial charge in [0.15, 0.2) is 5.75 Å². The van der Waals surface area contributed by atoms with Crippen molar-refractivity contribution in [3.63, 3.8) is 0 Å². The van der Waals surface area contributed by atoms with Gasteiger partial charge in [-0.2, -0.15) is 0 Å². The summed E-state index contributed by atoms with van der Waals surface area (Å²) >= 11 is 15.6. The largest absolute Gasteiger partial charge is 0.486 e. The number of amides is 3. The number of urea groups is 1. The summed E-state index contributed by atoms with van der Waals surface area (Å²) in [6.45, 7) is 0.328. The molecule has 8 heteroatoms. The van der Waals surface area contributed by atoms with Crippen molar-refractivity contribution < 1.29 is 14.3 Å². The smallest absolute Gasteiger partial charge is 0.326 e. The minimum absolute atomic E-state index is 0.155. The maximum Gasteiger partial charge on any atom is 0.326 e. The van der Waals surface area contributed by atoms with Gasteiger partial charge in [-0.15, -0.1) is 0 Å². The number of halogens is 3. The molecule has 1 fully saturated rings. The Morgan fingerprint density at radius 2 is 1.80 bits per heavy atom. The van der Waals surface area contributed by atoms with Gasteiger partial charge in [-0.05, 0) is 57.4 Å². The Labute approximate surface area is 162 Å². The van der Waals surface area contributed by atoms with Crippen LogP contribution in [0, 0.1) is 0 Å². The van der Waals surface area contributed by atoms with Crippen LogP contribution in [0.25, 0.3) is 6.08 Å². The number of carbonyl (C=O) groups excluding carboxylic acids is 2. The fraction of sp³-hybridized carbons (Fsp3) is 0.0588. The lowest BCUT2D eigenvalue weighted by molar-refractivity contribution is -0.115. The lowest BCUT2D eigenvalue weighted by atomic mass is 10.2. The molecule has 0 radical (unpaired) electrons. The van der Waals surface area contributed by atoms with E-state index >= 15 is 0 Å². The first-order valence-corrected chi connectivity index (χ1v) is 8.67. The van der Waals surface area contributed by atoms with E-state index in [1.807, 2.05) is 12.1 Å². The molecule has 3 rings (SSSR count). The molecule has 0 bridgehead atoms. The van der Waals surface area contributed by atoms with Crippen molar-refractivity contribution >= 4 is 57.1 Å². The lowest BCUT2D eigenvalue weighted by Crippen LogP contribution is -2.22. The molecule has 2 aromatic rings. The number of hydrogen-bond donors (Lipinski definition) is 2. The fourth-order valence-corrected chi connectivity index (χ4v) is 3.30. The van der Waals surface area contributed by atoms with Crippen LogP contribution in [-0.4, -0.2) is 11.9 Å². The zero-order valence-corrected chi connectivity index (χ0v) is 15.7. The molecule has 0 aromatic heterocycles. The molecule has 3 amide bonds. The lowest BCUT2D eigenvalue weighted by Gasteiger charge is -2.11. The molecule has 0 saturated carbocycles. The maximum absolute atomic E-state index is 11.6. The topological polar surface area (TPSA) is 67.4 Å². The standard InChI is InChI=1S/C17H11BrCl2N2O3/c18-12-5-10(7-14-16(23)22-17(24)21-14)6-13(20)15(12)25-8-9-1-3-11(19)4-2-9/h1-7H,8H2,(H2,21,22,23,24)/b14-7+. The van der Waals surface area contributed by atoms with Crippen LogP contribution in [-0.2, 0) is 11.4 Å². The predicted octanol–water partition coefficient (Wildman–Crippen LogP) is 4.52. The van der Waals surface area contributed by atoms with E-state index < -0.39 is 11.9 Å². The molecule has 0 unspecified atom stereocenters. The van der Waals surface area contributed by atoms with E-state index in [0.717, 1.165) is 5.56 Å². The highest BCUT2D eigenvalue weighted by Crippen LogP contribution is 2.35. The third kappa shape index (κ3) is 4.34. The van der Waals surface area contributed by atoms with Crippen molar-refractivity contribution in [3.05, 3.63) is 67.7 Å². The van der Waals surface area contributed by atoms with Crippen molar-refractivity contribution in [3.8, 4) is 5.75 Å². The van der Waals surface area contributed by atoms with Gasteiger partial charge >= 0.3 is 6.03 Å². The molecule has 1 aliphatic heterocycles. The second-order valence-corrected chi connectivity index (χ2v) is 6.89. The first-order chi connectivity index (χ1) is 11.9. The number of benzene rings is 2. The number of nitrogens with one attached hydrogen (secondary N) is 2. The van der Waals surface area contributed by atoms with Crippen LogP contribution in [0.3, 0.4) is 0 Å². The van der Waals surface area contributed by atoms with E-state index in [2.05, 4.69) is 26.6 Å². The predicted molar refractivity (Wildman–Crippen MR) is 99.6 cm³/mol. The van der Waals surface area contributed by atoms with E-state index in [1.54, 1.807) is 24.3 Å². The Hall–Kier alpha value is -2.02. The summed E-state index contributed by atoms with van der Waals surface area (Å²) in [7, 11) is 0. The summed E-state index contributed by atoms with van der Waals surface area (Å²) in [5.74, 6) is -0.000939. The molecule has 25 heavy (non-hydrogen) atoms. The van der Waals surface area contributed by atoms with Gasteiger partial charge in [-0.3, -0.25) is 10.1 Å². The van der Waals surface area contributed by atoms with Crippen molar-refractivity contribution in [2.24, 2.45) is 0 Å². The third-order valence-electron chi connectivity index (χ3n) is 3.35. The van der Waals surface area contributed by atoms with Crippen molar-refractivity contribution in [1.29, 1.82) is 0 Å². The van der Waals surface area contributed by atoms with Gasteiger partial charge in [0.1, 0.15) is 12.3 Å². The van der Waals surface area contributed by atoms with E-state index in [1.165, 1.54) is 6.08 Å². The Balaban J connectivity index is 1.78. The normalized spacial score (nSPS) is 15.2. The van der Waals surface area contributed by atoms with Crippen LogP contribution in [0.4, 0.5) is 4.79 Å². The van der Waals surface area contributed by atoms with Crippen LogP contribution in [0.2, 0.25) is 10.0 Å². The minimum Gasteiger partial charge on any atom is -0.486 e. The molecule has 1 aliphatic rings. The molecule has 2 aromatic carbocycles. The van der Waals surface area contributed by atoms with Crippen LogP contribution in [0.15, 0.2) is 46.6 Å². The number of rotatable bonds is 4. The van der Waals surface area contributed by atoms with Gasteiger partial charge in [0.05, 0.1) is 9.50 Å². The van der Waals surface area contributed by atoms with Gasteiger partial charge < -0.3 is 10.1 Å². The number of imide groups is 1. The molecule has 0 aliphatic carbocycles. The average molecular weight is 442 g/mol. The zero-order chi connectivity index (χ0) is 18.0. The molecular formula is C17H11BrCl2N2O3. The molecule has 5 nitrogen and oxygen atoms in total. The summed E-state index contributed by atoms with van der Waals surface area (Å²) in [6, 6.07) is 10.1. The molecule has 1 saturated heterocycles. The van der Waals surface area contributed by atoms with Crippen molar-refractivity contribution in [2.45, 2.75) is 6.61 Å². The molecular weight excluding hydrogens is 431 g/mol. The SMILES string of the molecule is O=C1NC(=O)/C(=C\c2cc(Cl)c(OCc3ccc(Cl)cc3)c(Br)c2)N1. The van der Waals surface area contributed by atoms with Crippen LogP contribution < -0.4 is 15.4 Å². The molecule has 128 valence electrons. The monoisotopic (exact) mass is 440 g/mol. The van der Waals surface area contributed by atoms with Gasteiger partial charge in [0.25, 0.3) is 5.91 Å². The Morgan fingerprint density at radius 3 is 2.40 bits per heavy atom. The molecule has 2 N–H and O–H groups in total. The van der Waals surface area contributed by atoms with Crippen LogP contribution >= 0.6 is 39.1 Å². The average Bonchev–Trinajstić information content (AvgIpc) is 2.86. The molecule has 0 spiro atoms. The van der Waals surface area contributed by atoms with E-state index in [-0.39, 0.29) is 5.70 Å². The quantitative estimate of drug-likeness (QED) is 0.541. The fourth-order valence-electron chi connectivity index (χ4n) is 2.19. The number of hydrogen-bond acceptors (Lipinski definition) is 3. The van der Waals surface area contributed by atoms with Crippen LogP contribution in [0.5, 0.6) is 5.75 Å². The summed E-state index contributed by atoms with van der Waals surface area (Å²) in [5.41, 5.74) is 1.75. The maximum atomic E-state index is 11.6. The van der Waals surface area contributed by atoms with E-state index in [4.69, 9.17) is 27.9 Å². The van der Waals surface area contributed by atoms with E-state index in [9.17, 15) is 9.59 Å². The first-order valence-electron chi connectivity index (χ1n) is 7.12. The highest BCUT2D eigenvalue weighted by Gasteiger charge is 2.23. The summed E-state index contributed by atoms with van der Waals surface area (Å²) in [5, 5.41) is 5.58. The molecule has 0 atom stereocenters. The molecule has 1 heterocycles. The number of ether oxygens (including phenoxy) is 1. The summed E-state index contributed by atoms with van der Waals surface area (Å²) < 4.78 is 6.40. The highest BCUT2D eigenvalue weighted by atomic mass is 79.9. The highest BCUT2D eigenvalue weighted by molar-refractivity contribution is 9.10. The van der Waals surface area contributed by atoms with Gasteiger partial charge in [-0.25, -0.2) is 4.79 Å². The number of carbonyl (C=O) groups is 2. The van der Waals surface area contributed by atoms with Gasteiger partial charge in [-0.1, -0.05) is 35.3 Å². The van der Waals surface area contributed by atoms with E-state index in [0.29, 0.717) is 32.4 Å². The second-order valence-electron chi connectivity index (χ2n) is 5.20. The summed E-state index contributed by atoms with van der Waals surface area (Å²) in [6.07, 6.45) is 1.53. The van der Waals surface area contributed by atoms with Gasteiger partial charge in [0, 0.05) is 5.02 Å². The van der Waals surface area contributed by atoms with Crippen LogP contribution in [0.1, 0.15) is 11.1 Å². The Morgan fingerprint density at radius 1 is 1.08 bits per heavy atom. The first kappa shape index (κ1) is 17.8. The Bertz CT molecular complexity index is 859.